The van der Waals surface area contributed by atoms with E-state index < -0.39 is 11.4 Å². The summed E-state index contributed by atoms with van der Waals surface area (Å²) in [4.78, 5) is 11.2. The minimum atomic E-state index is -0.579. The Morgan fingerprint density at radius 1 is 1.33 bits per heavy atom. The fraction of sp³-hybridized carbons (Fsp3) is 0.900. The Labute approximate surface area is 73.0 Å². The van der Waals surface area contributed by atoms with Crippen LogP contribution in [0.3, 0.4) is 0 Å². The molecule has 2 nitrogen and oxygen atoms in total. The summed E-state index contributed by atoms with van der Waals surface area (Å²) in [5, 5.41) is 9.22. The number of fused-ring (bicyclic) bond motifs is 2. The van der Waals surface area contributed by atoms with E-state index in [1.165, 1.54) is 0 Å². The molecule has 0 aliphatic heterocycles. The second-order valence-corrected chi connectivity index (χ2v) is 4.84. The minimum Gasteiger partial charge on any atom is -0.481 e. The van der Waals surface area contributed by atoms with Gasteiger partial charge in [-0.05, 0) is 43.9 Å². The van der Waals surface area contributed by atoms with Crippen LogP contribution in [-0.2, 0) is 4.79 Å². The lowest BCUT2D eigenvalue weighted by Gasteiger charge is -2.33. The smallest absolute Gasteiger partial charge is 0.310 e. The van der Waals surface area contributed by atoms with Crippen molar-refractivity contribution in [2.75, 3.05) is 0 Å². The number of aliphatic carboxylic acids is 1. The fourth-order valence-corrected chi connectivity index (χ4v) is 3.28. The van der Waals surface area contributed by atoms with E-state index >= 15 is 0 Å². The van der Waals surface area contributed by atoms with Crippen molar-refractivity contribution in [3.05, 3.63) is 0 Å². The zero-order valence-corrected chi connectivity index (χ0v) is 7.76. The molecule has 0 amide bonds. The van der Waals surface area contributed by atoms with Crippen LogP contribution in [0, 0.1) is 16.7 Å². The van der Waals surface area contributed by atoms with Crippen molar-refractivity contribution in [3.63, 3.8) is 0 Å². The number of carboxylic acids is 1. The standard InChI is InChI=1S/C10H16O2/c1-9-5-3-7(4-6-9)10(9,2)8(11)12/h7H,3-6H2,1-2H3,(H,11,12). The van der Waals surface area contributed by atoms with Crippen LogP contribution in [0.5, 0.6) is 0 Å². The van der Waals surface area contributed by atoms with E-state index in [0.29, 0.717) is 5.92 Å². The number of carbonyl (C=O) groups is 1. The lowest BCUT2D eigenvalue weighted by atomic mass is 9.69. The fourth-order valence-electron chi connectivity index (χ4n) is 3.28. The summed E-state index contributed by atoms with van der Waals surface area (Å²) < 4.78 is 0. The molecule has 0 aromatic carbocycles. The predicted molar refractivity (Wildman–Crippen MR) is 45.8 cm³/mol. The summed E-state index contributed by atoms with van der Waals surface area (Å²) in [5.41, 5.74) is -0.337. The van der Waals surface area contributed by atoms with Crippen LogP contribution in [0.25, 0.3) is 0 Å². The molecule has 2 heteroatoms. The van der Waals surface area contributed by atoms with Gasteiger partial charge in [0.25, 0.3) is 0 Å². The highest BCUT2D eigenvalue weighted by molar-refractivity contribution is 5.77. The molecule has 0 spiro atoms. The maximum atomic E-state index is 11.2. The Balaban J connectivity index is 2.43. The van der Waals surface area contributed by atoms with Gasteiger partial charge in [-0.2, -0.15) is 0 Å². The summed E-state index contributed by atoms with van der Waals surface area (Å²) in [5.74, 6) is -0.134. The van der Waals surface area contributed by atoms with E-state index in [-0.39, 0.29) is 5.41 Å². The first-order chi connectivity index (χ1) is 5.51. The van der Waals surface area contributed by atoms with Gasteiger partial charge in [-0.15, -0.1) is 0 Å². The first-order valence-corrected chi connectivity index (χ1v) is 4.74. The van der Waals surface area contributed by atoms with Gasteiger partial charge in [-0.25, -0.2) is 0 Å². The van der Waals surface area contributed by atoms with Crippen LogP contribution < -0.4 is 0 Å². The van der Waals surface area contributed by atoms with E-state index in [4.69, 9.17) is 0 Å². The van der Waals surface area contributed by atoms with Crippen LogP contribution in [0.15, 0.2) is 0 Å². The molecular weight excluding hydrogens is 152 g/mol. The van der Waals surface area contributed by atoms with Crippen LogP contribution in [0.4, 0.5) is 0 Å². The van der Waals surface area contributed by atoms with Crippen molar-refractivity contribution < 1.29 is 9.90 Å². The highest BCUT2D eigenvalue weighted by Gasteiger charge is 2.63. The van der Waals surface area contributed by atoms with Gasteiger partial charge in [0.2, 0.25) is 0 Å². The molecule has 1 N–H and O–H groups in total. The van der Waals surface area contributed by atoms with Crippen molar-refractivity contribution >= 4 is 5.97 Å². The van der Waals surface area contributed by atoms with E-state index in [9.17, 15) is 9.90 Å². The molecule has 12 heavy (non-hydrogen) atoms. The summed E-state index contributed by atoms with van der Waals surface area (Å²) in [6, 6.07) is 0. The summed E-state index contributed by atoms with van der Waals surface area (Å²) >= 11 is 0. The molecule has 68 valence electrons. The van der Waals surface area contributed by atoms with Gasteiger partial charge >= 0.3 is 5.97 Å². The molecule has 2 aliphatic carbocycles. The largest absolute Gasteiger partial charge is 0.481 e. The molecular formula is C10H16O2. The van der Waals surface area contributed by atoms with Crippen LogP contribution in [0.2, 0.25) is 0 Å². The van der Waals surface area contributed by atoms with Crippen molar-refractivity contribution in [2.45, 2.75) is 39.5 Å². The zero-order chi connectivity index (χ0) is 8.98. The van der Waals surface area contributed by atoms with Crippen molar-refractivity contribution in [1.29, 1.82) is 0 Å². The van der Waals surface area contributed by atoms with Crippen LogP contribution in [0.1, 0.15) is 39.5 Å². The first-order valence-electron chi connectivity index (χ1n) is 4.74. The topological polar surface area (TPSA) is 37.3 Å². The molecule has 2 bridgehead atoms. The molecule has 2 aliphatic rings. The lowest BCUT2D eigenvalue weighted by molar-refractivity contribution is -0.154. The molecule has 0 saturated heterocycles. The third-order valence-electron chi connectivity index (χ3n) is 4.60. The predicted octanol–water partition coefficient (Wildman–Crippen LogP) is 2.29. The number of carboxylic acid groups (broad SMARTS) is 1. The average molecular weight is 168 g/mol. The Hall–Kier alpha value is -0.530. The maximum Gasteiger partial charge on any atom is 0.310 e. The Morgan fingerprint density at radius 3 is 2.00 bits per heavy atom. The van der Waals surface area contributed by atoms with Gasteiger partial charge in [-0.3, -0.25) is 4.79 Å². The van der Waals surface area contributed by atoms with Gasteiger partial charge in [0.1, 0.15) is 0 Å². The molecule has 0 aromatic rings. The van der Waals surface area contributed by atoms with Crippen molar-refractivity contribution in [2.24, 2.45) is 16.7 Å². The van der Waals surface area contributed by atoms with Gasteiger partial charge in [0, 0.05) is 0 Å². The Kier molecular flexibility index (Phi) is 1.37. The second-order valence-electron chi connectivity index (χ2n) is 4.84. The summed E-state index contributed by atoms with van der Waals surface area (Å²) in [6.07, 6.45) is 4.47. The molecule has 2 saturated carbocycles. The maximum absolute atomic E-state index is 11.2. The Morgan fingerprint density at radius 2 is 1.83 bits per heavy atom. The number of rotatable bonds is 1. The Bertz CT molecular complexity index is 226. The highest BCUT2D eigenvalue weighted by Crippen LogP contribution is 2.65. The van der Waals surface area contributed by atoms with E-state index in [0.717, 1.165) is 25.7 Å². The summed E-state index contributed by atoms with van der Waals surface area (Å²) in [7, 11) is 0. The van der Waals surface area contributed by atoms with Gasteiger partial charge in [0.05, 0.1) is 5.41 Å². The quantitative estimate of drug-likeness (QED) is 0.652. The third-order valence-corrected chi connectivity index (χ3v) is 4.60. The molecule has 2 fully saturated rings. The monoisotopic (exact) mass is 168 g/mol. The lowest BCUT2D eigenvalue weighted by Crippen LogP contribution is -2.38. The second kappa shape index (κ2) is 2.04. The molecule has 1 atom stereocenters. The van der Waals surface area contributed by atoms with Crippen molar-refractivity contribution in [3.8, 4) is 0 Å². The minimum absolute atomic E-state index is 0.0868. The number of hydrogen-bond donors (Lipinski definition) is 1. The SMILES string of the molecule is CC12CCC(CC1)C2(C)C(=O)O. The molecule has 0 heterocycles. The normalized spacial score (nSPS) is 51.3. The van der Waals surface area contributed by atoms with E-state index in [1.54, 1.807) is 0 Å². The van der Waals surface area contributed by atoms with Gasteiger partial charge in [0.15, 0.2) is 0 Å². The number of hydrogen-bond acceptors (Lipinski definition) is 1. The molecule has 2 rings (SSSR count). The average Bonchev–Trinajstić information content (AvgIpc) is 2.40. The highest BCUT2D eigenvalue weighted by atomic mass is 16.4. The summed E-state index contributed by atoms with van der Waals surface area (Å²) in [6.45, 7) is 4.09. The van der Waals surface area contributed by atoms with Gasteiger partial charge < -0.3 is 5.11 Å². The molecule has 0 aromatic heterocycles. The van der Waals surface area contributed by atoms with E-state index in [2.05, 4.69) is 6.92 Å². The molecule has 1 unspecified atom stereocenters. The van der Waals surface area contributed by atoms with Crippen LogP contribution >= 0.6 is 0 Å². The zero-order valence-electron chi connectivity index (χ0n) is 7.76. The van der Waals surface area contributed by atoms with Crippen molar-refractivity contribution in [1.82, 2.24) is 0 Å². The first kappa shape index (κ1) is 8.09. The molecule has 0 radical (unpaired) electrons. The van der Waals surface area contributed by atoms with E-state index in [1.807, 2.05) is 6.92 Å². The van der Waals surface area contributed by atoms with Crippen LogP contribution in [-0.4, -0.2) is 11.1 Å². The third kappa shape index (κ3) is 0.644. The van der Waals surface area contributed by atoms with Gasteiger partial charge in [-0.1, -0.05) is 6.92 Å².